The van der Waals surface area contributed by atoms with Crippen molar-refractivity contribution in [3.05, 3.63) is 12.4 Å². The van der Waals surface area contributed by atoms with Crippen molar-refractivity contribution in [2.45, 2.75) is 13.0 Å². The number of nitrogens with one attached hydrogen (secondary N) is 1. The molecule has 0 aliphatic carbocycles. The van der Waals surface area contributed by atoms with Gasteiger partial charge in [0.1, 0.15) is 0 Å². The molecule has 0 saturated carbocycles. The van der Waals surface area contributed by atoms with Gasteiger partial charge in [0, 0.05) is 19.9 Å². The number of methoxy groups -OCH3 is 1. The molecule has 0 radical (unpaired) electrons. The average molecular weight is 256 g/mol. The molecule has 0 fully saturated rings. The van der Waals surface area contributed by atoms with Gasteiger partial charge in [-0.2, -0.15) is 5.10 Å². The van der Waals surface area contributed by atoms with Crippen molar-refractivity contribution in [2.24, 2.45) is 5.73 Å². The Morgan fingerprint density at radius 2 is 2.33 bits per heavy atom. The van der Waals surface area contributed by atoms with E-state index < -0.39 is 0 Å². The van der Waals surface area contributed by atoms with Crippen molar-refractivity contribution >= 4 is 11.6 Å². The number of hydrogen-bond donors (Lipinski definition) is 2. The molecule has 0 saturated heterocycles. The van der Waals surface area contributed by atoms with Gasteiger partial charge in [-0.05, 0) is 0 Å². The van der Waals surface area contributed by atoms with E-state index in [0.717, 1.165) is 0 Å². The van der Waals surface area contributed by atoms with E-state index in [0.29, 0.717) is 45.0 Å². The van der Waals surface area contributed by atoms with E-state index >= 15 is 0 Å². The fraction of sp³-hybridized carbons (Fsp3) is 0.636. The first-order valence-corrected chi connectivity index (χ1v) is 5.85. The third-order valence-corrected chi connectivity index (χ3v) is 2.18. The molecule has 18 heavy (non-hydrogen) atoms. The summed E-state index contributed by atoms with van der Waals surface area (Å²) in [5.41, 5.74) is 5.94. The molecule has 7 heteroatoms. The van der Waals surface area contributed by atoms with E-state index in [4.69, 9.17) is 15.2 Å². The number of nitrogens with two attached hydrogens (primary N) is 1. The van der Waals surface area contributed by atoms with Gasteiger partial charge < -0.3 is 20.5 Å². The summed E-state index contributed by atoms with van der Waals surface area (Å²) < 4.78 is 11.8. The zero-order chi connectivity index (χ0) is 13.2. The van der Waals surface area contributed by atoms with Crippen LogP contribution in [0.5, 0.6) is 0 Å². The number of nitrogens with zero attached hydrogens (tertiary/aromatic N) is 2. The maximum absolute atomic E-state index is 11.5. The minimum atomic E-state index is -0.0988. The van der Waals surface area contributed by atoms with E-state index in [-0.39, 0.29) is 5.91 Å². The Bertz CT molecular complexity index is 354. The summed E-state index contributed by atoms with van der Waals surface area (Å²) in [7, 11) is 1.63. The molecule has 1 rings (SSSR count). The second-order valence-corrected chi connectivity index (χ2v) is 3.68. The van der Waals surface area contributed by atoms with Crippen molar-refractivity contribution in [3.63, 3.8) is 0 Å². The van der Waals surface area contributed by atoms with Gasteiger partial charge >= 0.3 is 0 Å². The molecule has 0 aromatic carbocycles. The predicted molar refractivity (Wildman–Crippen MR) is 67.2 cm³/mol. The predicted octanol–water partition coefficient (Wildman–Crippen LogP) is -0.167. The van der Waals surface area contributed by atoms with Gasteiger partial charge in [0.15, 0.2) is 0 Å². The third kappa shape index (κ3) is 5.76. The van der Waals surface area contributed by atoms with Crippen molar-refractivity contribution < 1.29 is 14.3 Å². The number of anilines is 1. The molecule has 0 unspecified atom stereocenters. The summed E-state index contributed by atoms with van der Waals surface area (Å²) in [5.74, 6) is -0.0988. The molecule has 0 aliphatic rings. The minimum Gasteiger partial charge on any atom is -0.383 e. The van der Waals surface area contributed by atoms with Crippen LogP contribution in [0.4, 0.5) is 5.69 Å². The summed E-state index contributed by atoms with van der Waals surface area (Å²) in [6, 6.07) is 0. The van der Waals surface area contributed by atoms with Crippen molar-refractivity contribution in [1.29, 1.82) is 0 Å². The van der Waals surface area contributed by atoms with E-state index in [9.17, 15) is 4.79 Å². The highest BCUT2D eigenvalue weighted by molar-refractivity contribution is 5.90. The van der Waals surface area contributed by atoms with Crippen LogP contribution in [0.1, 0.15) is 6.42 Å². The molecule has 0 bridgehead atoms. The number of aromatic nitrogens is 2. The molecule has 3 N–H and O–H groups in total. The van der Waals surface area contributed by atoms with Gasteiger partial charge in [0.2, 0.25) is 5.91 Å². The summed E-state index contributed by atoms with van der Waals surface area (Å²) in [6.45, 7) is 2.56. The Labute approximate surface area is 106 Å². The standard InChI is InChI=1S/C11H20N4O3/c1-17-7-4-15-9-10(8-13-15)14-11(16)2-5-18-6-3-12/h8-9H,2-7,12H2,1H3,(H,14,16). The summed E-state index contributed by atoms with van der Waals surface area (Å²) >= 11 is 0. The smallest absolute Gasteiger partial charge is 0.226 e. The van der Waals surface area contributed by atoms with Crippen LogP contribution in [0.3, 0.4) is 0 Å². The molecule has 7 nitrogen and oxygen atoms in total. The van der Waals surface area contributed by atoms with Gasteiger partial charge in [0.25, 0.3) is 0 Å². The van der Waals surface area contributed by atoms with Gasteiger partial charge in [-0.1, -0.05) is 0 Å². The molecule has 0 aliphatic heterocycles. The van der Waals surface area contributed by atoms with Crippen LogP contribution in [0.15, 0.2) is 12.4 Å². The van der Waals surface area contributed by atoms with Crippen LogP contribution in [0.25, 0.3) is 0 Å². The topological polar surface area (TPSA) is 91.4 Å². The number of hydrogen-bond acceptors (Lipinski definition) is 5. The van der Waals surface area contributed by atoms with Crippen LogP contribution in [-0.4, -0.2) is 49.2 Å². The Kier molecular flexibility index (Phi) is 7.00. The van der Waals surface area contributed by atoms with Gasteiger partial charge in [-0.15, -0.1) is 0 Å². The van der Waals surface area contributed by atoms with E-state index in [1.54, 1.807) is 24.2 Å². The molecular formula is C11H20N4O3. The molecule has 0 atom stereocenters. The monoisotopic (exact) mass is 256 g/mol. The van der Waals surface area contributed by atoms with Crippen LogP contribution in [0, 0.1) is 0 Å². The van der Waals surface area contributed by atoms with Gasteiger partial charge in [-0.3, -0.25) is 9.48 Å². The van der Waals surface area contributed by atoms with E-state index in [1.165, 1.54) is 0 Å². The van der Waals surface area contributed by atoms with Crippen LogP contribution in [0.2, 0.25) is 0 Å². The quantitative estimate of drug-likeness (QED) is 0.599. The Morgan fingerprint density at radius 1 is 1.50 bits per heavy atom. The van der Waals surface area contributed by atoms with E-state index in [1.807, 2.05) is 0 Å². The highest BCUT2D eigenvalue weighted by atomic mass is 16.5. The fourth-order valence-electron chi connectivity index (χ4n) is 1.31. The van der Waals surface area contributed by atoms with Crippen molar-refractivity contribution in [2.75, 3.05) is 38.8 Å². The zero-order valence-electron chi connectivity index (χ0n) is 10.6. The lowest BCUT2D eigenvalue weighted by Gasteiger charge is -2.03. The number of ether oxygens (including phenoxy) is 2. The second-order valence-electron chi connectivity index (χ2n) is 3.68. The van der Waals surface area contributed by atoms with Crippen LogP contribution < -0.4 is 11.1 Å². The fourth-order valence-corrected chi connectivity index (χ4v) is 1.31. The highest BCUT2D eigenvalue weighted by Crippen LogP contribution is 2.05. The van der Waals surface area contributed by atoms with Gasteiger partial charge in [-0.25, -0.2) is 0 Å². The lowest BCUT2D eigenvalue weighted by Crippen LogP contribution is -2.16. The highest BCUT2D eigenvalue weighted by Gasteiger charge is 2.04. The van der Waals surface area contributed by atoms with Crippen molar-refractivity contribution in [1.82, 2.24) is 9.78 Å². The number of carbonyl (C=O) groups is 1. The SMILES string of the molecule is COCCn1cc(NC(=O)CCOCCN)cn1. The first kappa shape index (κ1) is 14.6. The number of carbonyl (C=O) groups excluding carboxylic acids is 1. The minimum absolute atomic E-state index is 0.0988. The maximum Gasteiger partial charge on any atom is 0.226 e. The average Bonchev–Trinajstić information content (AvgIpc) is 2.80. The second kappa shape index (κ2) is 8.62. The van der Waals surface area contributed by atoms with Crippen LogP contribution >= 0.6 is 0 Å². The molecule has 102 valence electrons. The van der Waals surface area contributed by atoms with Crippen LogP contribution in [-0.2, 0) is 20.8 Å². The lowest BCUT2D eigenvalue weighted by atomic mass is 10.4. The normalized spacial score (nSPS) is 10.6. The largest absolute Gasteiger partial charge is 0.383 e. The Hall–Kier alpha value is -1.44. The first-order valence-electron chi connectivity index (χ1n) is 5.85. The number of rotatable bonds is 9. The molecule has 0 spiro atoms. The molecule has 1 aromatic heterocycles. The molecule has 1 aromatic rings. The molecule has 1 heterocycles. The summed E-state index contributed by atoms with van der Waals surface area (Å²) in [6.07, 6.45) is 3.68. The molecule has 1 amide bonds. The summed E-state index contributed by atoms with van der Waals surface area (Å²) in [5, 5.41) is 6.83. The Morgan fingerprint density at radius 3 is 3.06 bits per heavy atom. The maximum atomic E-state index is 11.5. The Balaban J connectivity index is 2.24. The first-order chi connectivity index (χ1) is 8.76. The number of amides is 1. The van der Waals surface area contributed by atoms with Crippen molar-refractivity contribution in [3.8, 4) is 0 Å². The third-order valence-electron chi connectivity index (χ3n) is 2.18. The summed E-state index contributed by atoms with van der Waals surface area (Å²) in [4.78, 5) is 11.5. The molecular weight excluding hydrogens is 236 g/mol. The zero-order valence-corrected chi connectivity index (χ0v) is 10.6. The lowest BCUT2D eigenvalue weighted by molar-refractivity contribution is -0.117. The van der Waals surface area contributed by atoms with Gasteiger partial charge in [0.05, 0.1) is 44.7 Å². The van der Waals surface area contributed by atoms with E-state index in [2.05, 4.69) is 10.4 Å².